The second-order valence-corrected chi connectivity index (χ2v) is 6.39. The Morgan fingerprint density at radius 3 is 2.05 bits per heavy atom. The molecule has 0 heterocycles. The number of benzene rings is 2. The Labute approximate surface area is 130 Å². The summed E-state index contributed by atoms with van der Waals surface area (Å²) < 4.78 is 2.12. The van der Waals surface area contributed by atoms with Crippen molar-refractivity contribution < 1.29 is 0 Å². The maximum atomic E-state index is 5.89. The Bertz CT molecular complexity index is 613. The topological polar surface area (TPSA) is 38.0 Å². The van der Waals surface area contributed by atoms with Crippen molar-refractivity contribution in [2.45, 2.75) is 20.8 Å². The summed E-state index contributed by atoms with van der Waals surface area (Å²) in [6, 6.07) is 8.22. The maximum absolute atomic E-state index is 5.89. The van der Waals surface area contributed by atoms with Gasteiger partial charge >= 0.3 is 0 Å². The van der Waals surface area contributed by atoms with E-state index < -0.39 is 0 Å². The molecule has 19 heavy (non-hydrogen) atoms. The van der Waals surface area contributed by atoms with Gasteiger partial charge in [-0.25, -0.2) is 0 Å². The van der Waals surface area contributed by atoms with Crippen LogP contribution in [-0.2, 0) is 0 Å². The highest BCUT2D eigenvalue weighted by molar-refractivity contribution is 9.11. The van der Waals surface area contributed by atoms with Gasteiger partial charge in [0.25, 0.3) is 0 Å². The van der Waals surface area contributed by atoms with Crippen LogP contribution in [0.2, 0.25) is 0 Å². The van der Waals surface area contributed by atoms with Gasteiger partial charge in [-0.2, -0.15) is 0 Å². The number of aryl methyl sites for hydroxylation is 3. The van der Waals surface area contributed by atoms with Crippen LogP contribution >= 0.6 is 31.9 Å². The van der Waals surface area contributed by atoms with Gasteiger partial charge in [0.05, 0.1) is 5.69 Å². The molecule has 0 amide bonds. The molecule has 0 bridgehead atoms. The van der Waals surface area contributed by atoms with Crippen molar-refractivity contribution in [3.05, 3.63) is 49.9 Å². The Morgan fingerprint density at radius 2 is 1.47 bits per heavy atom. The summed E-state index contributed by atoms with van der Waals surface area (Å²) in [5.41, 5.74) is 12.3. The minimum absolute atomic E-state index is 0.792. The van der Waals surface area contributed by atoms with E-state index in [4.69, 9.17) is 5.73 Å². The van der Waals surface area contributed by atoms with E-state index in [-0.39, 0.29) is 0 Å². The van der Waals surface area contributed by atoms with Crippen LogP contribution in [0.1, 0.15) is 16.7 Å². The van der Waals surface area contributed by atoms with E-state index in [1.165, 1.54) is 11.1 Å². The summed E-state index contributed by atoms with van der Waals surface area (Å²) >= 11 is 7.12. The van der Waals surface area contributed by atoms with E-state index in [1.54, 1.807) is 0 Å². The van der Waals surface area contributed by atoms with Gasteiger partial charge in [0.1, 0.15) is 0 Å². The summed E-state index contributed by atoms with van der Waals surface area (Å²) in [5, 5.41) is 3.43. The highest BCUT2D eigenvalue weighted by Crippen LogP contribution is 2.32. The van der Waals surface area contributed by atoms with Crippen LogP contribution in [0.3, 0.4) is 0 Å². The average molecular weight is 384 g/mol. The van der Waals surface area contributed by atoms with Gasteiger partial charge in [-0.15, -0.1) is 0 Å². The molecule has 2 aromatic carbocycles. The van der Waals surface area contributed by atoms with E-state index >= 15 is 0 Å². The standard InChI is InChI=1S/C15H16Br2N2/c1-8-6-14(12(16)7-13(8)18)19-11-4-9(2)15(17)10(3)5-11/h4-7,19H,18H2,1-3H3. The lowest BCUT2D eigenvalue weighted by molar-refractivity contribution is 1.33. The van der Waals surface area contributed by atoms with Crippen molar-refractivity contribution in [3.8, 4) is 0 Å². The van der Waals surface area contributed by atoms with E-state index in [2.05, 4.69) is 63.2 Å². The summed E-state index contributed by atoms with van der Waals surface area (Å²) in [4.78, 5) is 0. The molecular weight excluding hydrogens is 368 g/mol. The van der Waals surface area contributed by atoms with Gasteiger partial charge in [-0.05, 0) is 77.7 Å². The normalized spacial score (nSPS) is 10.6. The second-order valence-electron chi connectivity index (χ2n) is 4.74. The molecule has 100 valence electrons. The van der Waals surface area contributed by atoms with Gasteiger partial charge in [0, 0.05) is 20.3 Å². The highest BCUT2D eigenvalue weighted by atomic mass is 79.9. The molecule has 2 rings (SSSR count). The first-order chi connectivity index (χ1) is 8.88. The molecule has 0 spiro atoms. The molecular formula is C15H16Br2N2. The van der Waals surface area contributed by atoms with Gasteiger partial charge in [0.2, 0.25) is 0 Å². The van der Waals surface area contributed by atoms with Crippen molar-refractivity contribution in [3.63, 3.8) is 0 Å². The minimum Gasteiger partial charge on any atom is -0.398 e. The number of rotatable bonds is 2. The zero-order chi connectivity index (χ0) is 14.2. The van der Waals surface area contributed by atoms with Gasteiger partial charge in [-0.1, -0.05) is 15.9 Å². The van der Waals surface area contributed by atoms with E-state index in [1.807, 2.05) is 19.1 Å². The van der Waals surface area contributed by atoms with Crippen LogP contribution in [0.5, 0.6) is 0 Å². The molecule has 0 atom stereocenters. The molecule has 0 aliphatic carbocycles. The van der Waals surface area contributed by atoms with Crippen molar-refractivity contribution in [1.29, 1.82) is 0 Å². The second kappa shape index (κ2) is 5.55. The van der Waals surface area contributed by atoms with Crippen LogP contribution in [0.4, 0.5) is 17.1 Å². The largest absolute Gasteiger partial charge is 0.398 e. The number of nitrogen functional groups attached to an aromatic ring is 1. The predicted octanol–water partition coefficient (Wildman–Crippen LogP) is 5.46. The van der Waals surface area contributed by atoms with Gasteiger partial charge in [-0.3, -0.25) is 0 Å². The van der Waals surface area contributed by atoms with Crippen LogP contribution in [-0.4, -0.2) is 0 Å². The molecule has 0 unspecified atom stereocenters. The van der Waals surface area contributed by atoms with Gasteiger partial charge in [0.15, 0.2) is 0 Å². The van der Waals surface area contributed by atoms with E-state index in [9.17, 15) is 0 Å². The first-order valence-corrected chi connectivity index (χ1v) is 7.56. The summed E-state index contributed by atoms with van der Waals surface area (Å²) in [6.45, 7) is 6.18. The fraction of sp³-hybridized carbons (Fsp3) is 0.200. The third-order valence-electron chi connectivity index (χ3n) is 3.07. The van der Waals surface area contributed by atoms with Crippen LogP contribution in [0.25, 0.3) is 0 Å². The fourth-order valence-corrected chi connectivity index (χ4v) is 2.66. The monoisotopic (exact) mass is 382 g/mol. The molecule has 0 aliphatic rings. The molecule has 0 fully saturated rings. The van der Waals surface area contributed by atoms with E-state index in [0.29, 0.717) is 0 Å². The van der Waals surface area contributed by atoms with E-state index in [0.717, 1.165) is 31.6 Å². The lowest BCUT2D eigenvalue weighted by Crippen LogP contribution is -1.97. The Balaban J connectivity index is 2.39. The van der Waals surface area contributed by atoms with Gasteiger partial charge < -0.3 is 11.1 Å². The predicted molar refractivity (Wildman–Crippen MR) is 90.2 cm³/mol. The SMILES string of the molecule is Cc1cc(Nc2cc(C)c(Br)c(C)c2)c(Br)cc1N. The Morgan fingerprint density at radius 1 is 0.895 bits per heavy atom. The lowest BCUT2D eigenvalue weighted by atomic mass is 10.1. The zero-order valence-corrected chi connectivity index (χ0v) is 14.3. The first kappa shape index (κ1) is 14.4. The highest BCUT2D eigenvalue weighted by Gasteiger charge is 2.06. The molecule has 0 saturated heterocycles. The number of halogens is 2. The molecule has 0 saturated carbocycles. The summed E-state index contributed by atoms with van der Waals surface area (Å²) in [5.74, 6) is 0. The van der Waals surface area contributed by atoms with Crippen molar-refractivity contribution in [2.75, 3.05) is 11.1 Å². The lowest BCUT2D eigenvalue weighted by Gasteiger charge is -2.13. The molecule has 2 nitrogen and oxygen atoms in total. The average Bonchev–Trinajstić information content (AvgIpc) is 2.33. The van der Waals surface area contributed by atoms with Crippen LogP contribution < -0.4 is 11.1 Å². The van der Waals surface area contributed by atoms with Crippen LogP contribution in [0, 0.1) is 20.8 Å². The summed E-state index contributed by atoms with van der Waals surface area (Å²) in [7, 11) is 0. The minimum atomic E-state index is 0.792. The number of nitrogens with one attached hydrogen (secondary N) is 1. The molecule has 4 heteroatoms. The van der Waals surface area contributed by atoms with Crippen molar-refractivity contribution >= 4 is 48.9 Å². The molecule has 2 aromatic rings. The number of hydrogen-bond acceptors (Lipinski definition) is 2. The number of anilines is 3. The van der Waals surface area contributed by atoms with Crippen molar-refractivity contribution in [1.82, 2.24) is 0 Å². The fourth-order valence-electron chi connectivity index (χ4n) is 1.97. The third kappa shape index (κ3) is 3.12. The molecule has 0 aromatic heterocycles. The number of hydrogen-bond donors (Lipinski definition) is 2. The summed E-state index contributed by atoms with van der Waals surface area (Å²) in [6.07, 6.45) is 0. The Hall–Kier alpha value is -1.00. The quantitative estimate of drug-likeness (QED) is 0.675. The first-order valence-electron chi connectivity index (χ1n) is 5.98. The molecule has 0 radical (unpaired) electrons. The maximum Gasteiger partial charge on any atom is 0.0532 e. The zero-order valence-electron chi connectivity index (χ0n) is 11.1. The van der Waals surface area contributed by atoms with Crippen LogP contribution in [0.15, 0.2) is 33.2 Å². The molecule has 3 N–H and O–H groups in total. The third-order valence-corrected chi connectivity index (χ3v) is 4.98. The Kier molecular flexibility index (Phi) is 4.21. The smallest absolute Gasteiger partial charge is 0.0532 e. The molecule has 0 aliphatic heterocycles. The van der Waals surface area contributed by atoms with Crippen molar-refractivity contribution in [2.24, 2.45) is 0 Å². The number of nitrogens with two attached hydrogens (primary N) is 1.